The summed E-state index contributed by atoms with van der Waals surface area (Å²) in [6, 6.07) is 10.3. The van der Waals surface area contributed by atoms with Gasteiger partial charge in [-0.25, -0.2) is 4.98 Å². The van der Waals surface area contributed by atoms with Crippen molar-refractivity contribution in [2.75, 3.05) is 5.32 Å². The largest absolute Gasteiger partial charge is 0.338 e. The van der Waals surface area contributed by atoms with Crippen LogP contribution in [0, 0.1) is 11.3 Å². The molecule has 1 aliphatic carbocycles. The van der Waals surface area contributed by atoms with E-state index >= 15 is 0 Å². The van der Waals surface area contributed by atoms with Crippen molar-refractivity contribution in [1.29, 1.82) is 5.26 Å². The van der Waals surface area contributed by atoms with Crippen molar-refractivity contribution >= 4 is 34.3 Å². The van der Waals surface area contributed by atoms with Gasteiger partial charge in [0.2, 0.25) is 5.28 Å². The van der Waals surface area contributed by atoms with Crippen molar-refractivity contribution in [3.63, 3.8) is 0 Å². The van der Waals surface area contributed by atoms with Gasteiger partial charge in [-0.15, -0.1) is 0 Å². The summed E-state index contributed by atoms with van der Waals surface area (Å²) >= 11 is 6.15. The first-order valence-electron chi connectivity index (χ1n) is 8.37. The van der Waals surface area contributed by atoms with Crippen LogP contribution in [0.4, 0.5) is 11.5 Å². The molecule has 1 aromatic carbocycles. The molecular weight excluding hydrogens is 336 g/mol. The fourth-order valence-corrected chi connectivity index (χ4v) is 3.53. The molecule has 0 aliphatic heterocycles. The number of aromatic nitrogens is 4. The van der Waals surface area contributed by atoms with Gasteiger partial charge in [0.15, 0.2) is 17.0 Å². The lowest BCUT2D eigenvalue weighted by atomic mass is 10.1. The fraction of sp³-hybridized carbons (Fsp3) is 0.333. The molecule has 1 N–H and O–H groups in total. The molecule has 0 atom stereocenters. The van der Waals surface area contributed by atoms with E-state index < -0.39 is 0 Å². The Bertz CT molecular complexity index is 935. The topological polar surface area (TPSA) is 79.4 Å². The third kappa shape index (κ3) is 3.15. The molecule has 0 unspecified atom stereocenters. The van der Waals surface area contributed by atoms with Gasteiger partial charge < -0.3 is 9.88 Å². The lowest BCUT2D eigenvalue weighted by Gasteiger charge is -2.12. The predicted octanol–water partition coefficient (Wildman–Crippen LogP) is 4.40. The SMILES string of the molecule is N#CCc1ccc(Nc2nc(Cl)nc3c2ncn3C2CCCC2)cc1. The summed E-state index contributed by atoms with van der Waals surface area (Å²) in [5.41, 5.74) is 3.34. The van der Waals surface area contributed by atoms with Crippen LogP contribution in [-0.2, 0) is 6.42 Å². The number of hydrogen-bond acceptors (Lipinski definition) is 5. The number of nitrogens with zero attached hydrogens (tertiary/aromatic N) is 5. The van der Waals surface area contributed by atoms with Crippen molar-refractivity contribution in [1.82, 2.24) is 19.5 Å². The van der Waals surface area contributed by atoms with Crippen LogP contribution < -0.4 is 5.32 Å². The summed E-state index contributed by atoms with van der Waals surface area (Å²) < 4.78 is 2.12. The molecule has 0 amide bonds. The summed E-state index contributed by atoms with van der Waals surface area (Å²) in [6.45, 7) is 0. The van der Waals surface area contributed by atoms with E-state index in [-0.39, 0.29) is 5.28 Å². The lowest BCUT2D eigenvalue weighted by Crippen LogP contribution is -2.05. The highest BCUT2D eigenvalue weighted by Gasteiger charge is 2.21. The van der Waals surface area contributed by atoms with E-state index in [2.05, 4.69) is 30.9 Å². The minimum absolute atomic E-state index is 0.204. The van der Waals surface area contributed by atoms with Crippen molar-refractivity contribution in [2.24, 2.45) is 0 Å². The van der Waals surface area contributed by atoms with Gasteiger partial charge in [-0.3, -0.25) is 0 Å². The summed E-state index contributed by atoms with van der Waals surface area (Å²) in [5, 5.41) is 12.2. The van der Waals surface area contributed by atoms with Crippen LogP contribution in [0.2, 0.25) is 5.28 Å². The third-order valence-electron chi connectivity index (χ3n) is 4.61. The highest BCUT2D eigenvalue weighted by atomic mass is 35.5. The van der Waals surface area contributed by atoms with Gasteiger partial charge in [0.25, 0.3) is 0 Å². The summed E-state index contributed by atoms with van der Waals surface area (Å²) in [5.74, 6) is 0.597. The monoisotopic (exact) mass is 352 g/mol. The van der Waals surface area contributed by atoms with E-state index in [1.54, 1.807) is 0 Å². The van der Waals surface area contributed by atoms with Crippen molar-refractivity contribution in [3.8, 4) is 6.07 Å². The molecule has 0 bridgehead atoms. The third-order valence-corrected chi connectivity index (χ3v) is 4.78. The molecule has 126 valence electrons. The summed E-state index contributed by atoms with van der Waals surface area (Å²) in [7, 11) is 0. The molecule has 2 heterocycles. The van der Waals surface area contributed by atoms with Crippen LogP contribution in [0.1, 0.15) is 37.3 Å². The lowest BCUT2D eigenvalue weighted by molar-refractivity contribution is 0.529. The van der Waals surface area contributed by atoms with Crippen molar-refractivity contribution in [2.45, 2.75) is 38.1 Å². The quantitative estimate of drug-likeness (QED) is 0.704. The number of nitriles is 1. The maximum Gasteiger partial charge on any atom is 0.226 e. The standard InChI is InChI=1S/C18H17ClN6/c19-18-23-16(22-13-7-5-12(6-8-13)9-10-20)15-17(24-18)25(11-21-15)14-3-1-2-4-14/h5-8,11,14H,1-4,9H2,(H,22,23,24). The zero-order valence-corrected chi connectivity index (χ0v) is 14.4. The van der Waals surface area contributed by atoms with E-state index in [1.165, 1.54) is 12.8 Å². The molecule has 1 fully saturated rings. The highest BCUT2D eigenvalue weighted by molar-refractivity contribution is 6.28. The molecular formula is C18H17ClN6. The Kier molecular flexibility index (Phi) is 4.24. The van der Waals surface area contributed by atoms with E-state index in [0.717, 1.165) is 35.3 Å². The molecule has 0 saturated heterocycles. The van der Waals surface area contributed by atoms with Gasteiger partial charge in [-0.2, -0.15) is 15.2 Å². The molecule has 6 nitrogen and oxygen atoms in total. The number of anilines is 2. The minimum atomic E-state index is 0.204. The number of nitrogens with one attached hydrogen (secondary N) is 1. The van der Waals surface area contributed by atoms with Crippen molar-refractivity contribution < 1.29 is 0 Å². The van der Waals surface area contributed by atoms with Gasteiger partial charge in [-0.1, -0.05) is 25.0 Å². The Balaban J connectivity index is 1.68. The molecule has 1 aliphatic rings. The molecule has 7 heteroatoms. The molecule has 0 spiro atoms. The number of imidazole rings is 1. The smallest absolute Gasteiger partial charge is 0.226 e. The van der Waals surface area contributed by atoms with Crippen molar-refractivity contribution in [3.05, 3.63) is 41.4 Å². The Morgan fingerprint density at radius 3 is 2.68 bits per heavy atom. The van der Waals surface area contributed by atoms with Gasteiger partial charge >= 0.3 is 0 Å². The zero-order valence-electron chi connectivity index (χ0n) is 13.6. The number of halogens is 1. The first-order valence-corrected chi connectivity index (χ1v) is 8.75. The van der Waals surface area contributed by atoms with E-state index in [0.29, 0.717) is 18.3 Å². The average molecular weight is 353 g/mol. The van der Waals surface area contributed by atoms with Gasteiger partial charge in [0.1, 0.15) is 0 Å². The number of hydrogen-bond donors (Lipinski definition) is 1. The minimum Gasteiger partial charge on any atom is -0.338 e. The Hall–Kier alpha value is -2.65. The van der Waals surface area contributed by atoms with Crippen LogP contribution in [-0.4, -0.2) is 19.5 Å². The van der Waals surface area contributed by atoms with Gasteiger partial charge in [0, 0.05) is 11.7 Å². The van der Waals surface area contributed by atoms with Crippen LogP contribution >= 0.6 is 11.6 Å². The van der Waals surface area contributed by atoms with E-state index in [4.69, 9.17) is 16.9 Å². The number of rotatable bonds is 4. The first-order chi connectivity index (χ1) is 12.2. The molecule has 3 aromatic rings. The summed E-state index contributed by atoms with van der Waals surface area (Å²) in [4.78, 5) is 13.2. The molecule has 0 radical (unpaired) electrons. The van der Waals surface area contributed by atoms with E-state index in [1.807, 2.05) is 30.6 Å². The van der Waals surface area contributed by atoms with Gasteiger partial charge in [-0.05, 0) is 42.1 Å². The van der Waals surface area contributed by atoms with Crippen LogP contribution in [0.15, 0.2) is 30.6 Å². The fourth-order valence-electron chi connectivity index (χ4n) is 3.36. The second-order valence-corrected chi connectivity index (χ2v) is 6.60. The molecule has 4 rings (SSSR count). The van der Waals surface area contributed by atoms with Crippen LogP contribution in [0.5, 0.6) is 0 Å². The second kappa shape index (κ2) is 6.69. The molecule has 1 saturated carbocycles. The molecule has 2 aromatic heterocycles. The maximum absolute atomic E-state index is 8.76. The number of fused-ring (bicyclic) bond motifs is 1. The zero-order chi connectivity index (χ0) is 17.2. The van der Waals surface area contributed by atoms with E-state index in [9.17, 15) is 0 Å². The number of benzene rings is 1. The normalized spacial score (nSPS) is 14.7. The summed E-state index contributed by atoms with van der Waals surface area (Å²) in [6.07, 6.45) is 7.02. The maximum atomic E-state index is 8.76. The predicted molar refractivity (Wildman–Crippen MR) is 96.9 cm³/mol. The van der Waals surface area contributed by atoms with Crippen LogP contribution in [0.25, 0.3) is 11.2 Å². The average Bonchev–Trinajstić information content (AvgIpc) is 3.26. The highest BCUT2D eigenvalue weighted by Crippen LogP contribution is 2.33. The first kappa shape index (κ1) is 15.9. The Morgan fingerprint density at radius 1 is 1.20 bits per heavy atom. The second-order valence-electron chi connectivity index (χ2n) is 6.26. The Morgan fingerprint density at radius 2 is 1.96 bits per heavy atom. The Labute approximate surface area is 150 Å². The van der Waals surface area contributed by atoms with Gasteiger partial charge in [0.05, 0.1) is 18.8 Å². The van der Waals surface area contributed by atoms with Crippen LogP contribution in [0.3, 0.4) is 0 Å². The molecule has 25 heavy (non-hydrogen) atoms.